The van der Waals surface area contributed by atoms with Gasteiger partial charge in [-0.1, -0.05) is 106 Å². The Kier molecular flexibility index (Phi) is 15.5. The average molecular weight is 409 g/mol. The molecule has 1 saturated carbocycles. The van der Waals surface area contributed by atoms with Crippen LogP contribution in [-0.2, 0) is 4.74 Å². The van der Waals surface area contributed by atoms with Crippen LogP contribution in [0.4, 0.5) is 0 Å². The fourth-order valence-electron chi connectivity index (χ4n) is 4.93. The summed E-state index contributed by atoms with van der Waals surface area (Å²) in [5, 5.41) is 0. The normalized spacial score (nSPS) is 22.0. The summed E-state index contributed by atoms with van der Waals surface area (Å²) in [6, 6.07) is 0. The molecule has 1 aliphatic carbocycles. The van der Waals surface area contributed by atoms with E-state index in [1.54, 1.807) is 0 Å². The van der Waals surface area contributed by atoms with Crippen LogP contribution < -0.4 is 0 Å². The molecule has 1 rings (SSSR count). The van der Waals surface area contributed by atoms with Crippen molar-refractivity contribution in [3.05, 3.63) is 0 Å². The molecule has 0 aromatic rings. The van der Waals surface area contributed by atoms with Crippen LogP contribution in [0.3, 0.4) is 0 Å². The third-order valence-corrected chi connectivity index (χ3v) is 7.35. The predicted molar refractivity (Wildman–Crippen MR) is 130 cm³/mol. The molecule has 0 spiro atoms. The summed E-state index contributed by atoms with van der Waals surface area (Å²) in [6.45, 7) is 16.3. The van der Waals surface area contributed by atoms with Gasteiger partial charge >= 0.3 is 0 Å². The Morgan fingerprint density at radius 2 is 1.10 bits per heavy atom. The highest BCUT2D eigenvalue weighted by Crippen LogP contribution is 2.45. The Labute approximate surface area is 185 Å². The van der Waals surface area contributed by atoms with Gasteiger partial charge in [0.1, 0.15) is 0 Å². The van der Waals surface area contributed by atoms with Gasteiger partial charge in [-0.3, -0.25) is 0 Å². The molecule has 0 aliphatic heterocycles. The second-order valence-electron chi connectivity index (χ2n) is 11.2. The highest BCUT2D eigenvalue weighted by Gasteiger charge is 2.35. The highest BCUT2D eigenvalue weighted by molar-refractivity contribution is 4.86. The Hall–Kier alpha value is -0.0400. The van der Waals surface area contributed by atoms with Gasteiger partial charge in [-0.25, -0.2) is 0 Å². The lowest BCUT2D eigenvalue weighted by Crippen LogP contribution is -2.02. The van der Waals surface area contributed by atoms with E-state index in [2.05, 4.69) is 41.5 Å². The summed E-state index contributed by atoms with van der Waals surface area (Å²) >= 11 is 0. The molecule has 0 saturated heterocycles. The minimum Gasteiger partial charge on any atom is -0.381 e. The summed E-state index contributed by atoms with van der Waals surface area (Å²) in [6.07, 6.45) is 19.9. The van der Waals surface area contributed by atoms with Gasteiger partial charge in [0.2, 0.25) is 0 Å². The SMILES string of the molecule is CCCOCC[C@@H]1C[C@H]1CCC(C)CCC[C@H](C)CCC[C@H](C)CCCC(C)C. The topological polar surface area (TPSA) is 9.23 Å². The molecule has 0 N–H and O–H groups in total. The van der Waals surface area contributed by atoms with Gasteiger partial charge in [-0.15, -0.1) is 0 Å². The van der Waals surface area contributed by atoms with Crippen molar-refractivity contribution in [2.45, 2.75) is 131 Å². The van der Waals surface area contributed by atoms with E-state index in [-0.39, 0.29) is 0 Å². The molecule has 0 radical (unpaired) electrons. The summed E-state index contributed by atoms with van der Waals surface area (Å²) < 4.78 is 5.65. The van der Waals surface area contributed by atoms with Crippen LogP contribution in [0.2, 0.25) is 0 Å². The summed E-state index contributed by atoms with van der Waals surface area (Å²) in [7, 11) is 0. The maximum Gasteiger partial charge on any atom is 0.0468 e. The fourth-order valence-corrected chi connectivity index (χ4v) is 4.93. The molecule has 0 aromatic carbocycles. The zero-order valence-corrected chi connectivity index (χ0v) is 21.2. The molecular weight excluding hydrogens is 352 g/mol. The molecular formula is C28H56O. The monoisotopic (exact) mass is 408 g/mol. The first kappa shape index (κ1) is 27.0. The molecule has 29 heavy (non-hydrogen) atoms. The Morgan fingerprint density at radius 3 is 1.62 bits per heavy atom. The number of ether oxygens (including phenoxy) is 1. The lowest BCUT2D eigenvalue weighted by atomic mass is 9.90. The fraction of sp³-hybridized carbons (Fsp3) is 1.00. The van der Waals surface area contributed by atoms with Crippen molar-refractivity contribution in [3.8, 4) is 0 Å². The van der Waals surface area contributed by atoms with E-state index >= 15 is 0 Å². The first-order valence-electron chi connectivity index (χ1n) is 13.5. The lowest BCUT2D eigenvalue weighted by Gasteiger charge is -2.16. The molecule has 0 heterocycles. The van der Waals surface area contributed by atoms with E-state index < -0.39 is 0 Å². The van der Waals surface area contributed by atoms with E-state index in [1.165, 1.54) is 83.5 Å². The Morgan fingerprint density at radius 1 is 0.621 bits per heavy atom. The molecule has 1 nitrogen and oxygen atoms in total. The average Bonchev–Trinajstić information content (AvgIpc) is 3.41. The van der Waals surface area contributed by atoms with Crippen molar-refractivity contribution < 1.29 is 4.74 Å². The maximum atomic E-state index is 5.65. The molecule has 5 atom stereocenters. The van der Waals surface area contributed by atoms with Gasteiger partial charge in [0.25, 0.3) is 0 Å². The Bertz CT molecular complexity index is 363. The van der Waals surface area contributed by atoms with Crippen molar-refractivity contribution in [1.29, 1.82) is 0 Å². The van der Waals surface area contributed by atoms with Gasteiger partial charge in [-0.05, 0) is 61.2 Å². The second-order valence-corrected chi connectivity index (χ2v) is 11.2. The molecule has 0 bridgehead atoms. The van der Waals surface area contributed by atoms with Gasteiger partial charge in [0.05, 0.1) is 0 Å². The zero-order chi connectivity index (χ0) is 21.5. The predicted octanol–water partition coefficient (Wildman–Crippen LogP) is 9.29. The van der Waals surface area contributed by atoms with E-state index in [4.69, 9.17) is 4.74 Å². The standard InChI is InChI=1S/C28H56O/c1-7-20-29-21-19-28-22-27(28)18-17-26(6)16-10-15-25(5)14-9-13-24(4)12-8-11-23(2)3/h23-28H,7-22H2,1-6H3/t24-,25-,26?,27-,28-/m1/s1. The number of rotatable bonds is 20. The van der Waals surface area contributed by atoms with Crippen molar-refractivity contribution in [2.24, 2.45) is 35.5 Å². The quantitative estimate of drug-likeness (QED) is 0.182. The molecule has 1 unspecified atom stereocenters. The minimum atomic E-state index is 0.875. The van der Waals surface area contributed by atoms with Crippen LogP contribution in [0.25, 0.3) is 0 Å². The van der Waals surface area contributed by atoms with Crippen molar-refractivity contribution in [1.82, 2.24) is 0 Å². The highest BCUT2D eigenvalue weighted by atomic mass is 16.5. The second kappa shape index (κ2) is 16.6. The molecule has 1 heteroatoms. The third kappa shape index (κ3) is 15.4. The maximum absolute atomic E-state index is 5.65. The van der Waals surface area contributed by atoms with Crippen LogP contribution in [0, 0.1) is 35.5 Å². The number of hydrogen-bond donors (Lipinski definition) is 0. The van der Waals surface area contributed by atoms with Gasteiger partial charge in [-0.2, -0.15) is 0 Å². The Balaban J connectivity index is 1.91. The first-order valence-corrected chi connectivity index (χ1v) is 13.5. The van der Waals surface area contributed by atoms with E-state index in [9.17, 15) is 0 Å². The van der Waals surface area contributed by atoms with Gasteiger partial charge in [0.15, 0.2) is 0 Å². The summed E-state index contributed by atoms with van der Waals surface area (Å²) in [4.78, 5) is 0. The van der Waals surface area contributed by atoms with Crippen LogP contribution in [0.1, 0.15) is 131 Å². The third-order valence-electron chi connectivity index (χ3n) is 7.35. The van der Waals surface area contributed by atoms with Crippen LogP contribution >= 0.6 is 0 Å². The zero-order valence-electron chi connectivity index (χ0n) is 21.2. The molecule has 1 fully saturated rings. The van der Waals surface area contributed by atoms with Crippen molar-refractivity contribution >= 4 is 0 Å². The molecule has 1 aliphatic rings. The van der Waals surface area contributed by atoms with Gasteiger partial charge < -0.3 is 4.74 Å². The van der Waals surface area contributed by atoms with Crippen molar-refractivity contribution in [2.75, 3.05) is 13.2 Å². The lowest BCUT2D eigenvalue weighted by molar-refractivity contribution is 0.127. The molecule has 174 valence electrons. The molecule has 0 aromatic heterocycles. The smallest absolute Gasteiger partial charge is 0.0468 e. The first-order chi connectivity index (χ1) is 13.9. The van der Waals surface area contributed by atoms with E-state index in [0.717, 1.165) is 55.1 Å². The molecule has 0 amide bonds. The largest absolute Gasteiger partial charge is 0.381 e. The van der Waals surface area contributed by atoms with Crippen LogP contribution in [-0.4, -0.2) is 13.2 Å². The van der Waals surface area contributed by atoms with Gasteiger partial charge in [0, 0.05) is 13.2 Å². The minimum absolute atomic E-state index is 0.875. The number of hydrogen-bond acceptors (Lipinski definition) is 1. The summed E-state index contributed by atoms with van der Waals surface area (Å²) in [5.74, 6) is 5.70. The van der Waals surface area contributed by atoms with E-state index in [0.29, 0.717) is 0 Å². The van der Waals surface area contributed by atoms with E-state index in [1.807, 2.05) is 0 Å². The van der Waals surface area contributed by atoms with Crippen molar-refractivity contribution in [3.63, 3.8) is 0 Å². The van der Waals surface area contributed by atoms with Crippen LogP contribution in [0.5, 0.6) is 0 Å². The summed E-state index contributed by atoms with van der Waals surface area (Å²) in [5.41, 5.74) is 0. The van der Waals surface area contributed by atoms with Crippen LogP contribution in [0.15, 0.2) is 0 Å².